The van der Waals surface area contributed by atoms with E-state index in [1.807, 2.05) is 37.3 Å². The van der Waals surface area contributed by atoms with Crippen molar-refractivity contribution in [1.29, 1.82) is 0 Å². The number of nitrogens with one attached hydrogen (secondary N) is 1. The van der Waals surface area contributed by atoms with E-state index in [0.717, 1.165) is 29.7 Å². The molecule has 0 fully saturated rings. The van der Waals surface area contributed by atoms with Gasteiger partial charge in [-0.1, -0.05) is 100.0 Å². The molecule has 1 N–H and O–H groups in total. The summed E-state index contributed by atoms with van der Waals surface area (Å²) in [4.78, 5) is 18.2. The molecule has 1 atom stereocenters. The van der Waals surface area contributed by atoms with Gasteiger partial charge in [0, 0.05) is 10.9 Å². The Morgan fingerprint density at radius 3 is 2.36 bits per heavy atom. The summed E-state index contributed by atoms with van der Waals surface area (Å²) in [6.45, 7) is 8.57. The Balaban J connectivity index is 1.68. The molecule has 1 amide bonds. The zero-order valence-corrected chi connectivity index (χ0v) is 22.1. The quantitative estimate of drug-likeness (QED) is 0.197. The Kier molecular flexibility index (Phi) is 8.17. The fourth-order valence-corrected chi connectivity index (χ4v) is 4.44. The molecule has 5 heteroatoms. The SMILES string of the molecule is CC/C(=N/NC(=O)c1cc(-c2ccc(CC)cc2)nc2c(Cl)cccc12)c1ccc(C(C)CC)cc1. The van der Waals surface area contributed by atoms with Crippen LogP contribution in [0.3, 0.4) is 0 Å². The molecule has 0 aliphatic heterocycles. The average Bonchev–Trinajstić information content (AvgIpc) is 2.93. The first kappa shape index (κ1) is 25.6. The van der Waals surface area contributed by atoms with Crippen molar-refractivity contribution in [2.45, 2.75) is 52.9 Å². The number of para-hydroxylation sites is 1. The second-order valence-corrected chi connectivity index (χ2v) is 9.43. The van der Waals surface area contributed by atoms with Crippen molar-refractivity contribution in [3.8, 4) is 11.3 Å². The van der Waals surface area contributed by atoms with Crippen LogP contribution in [0.5, 0.6) is 0 Å². The Bertz CT molecular complexity index is 1390. The number of fused-ring (bicyclic) bond motifs is 1. The Morgan fingerprint density at radius 2 is 1.72 bits per heavy atom. The van der Waals surface area contributed by atoms with Gasteiger partial charge in [0.05, 0.1) is 27.5 Å². The molecule has 0 aliphatic rings. The van der Waals surface area contributed by atoms with E-state index in [0.29, 0.717) is 39.5 Å². The lowest BCUT2D eigenvalue weighted by Crippen LogP contribution is -2.20. The third kappa shape index (κ3) is 5.50. The first-order chi connectivity index (χ1) is 17.4. The highest BCUT2D eigenvalue weighted by Crippen LogP contribution is 2.29. The predicted octanol–water partition coefficient (Wildman–Crippen LogP) is 8.18. The van der Waals surface area contributed by atoms with Gasteiger partial charge < -0.3 is 0 Å². The molecule has 36 heavy (non-hydrogen) atoms. The number of aromatic nitrogens is 1. The highest BCUT2D eigenvalue weighted by Gasteiger charge is 2.16. The Morgan fingerprint density at radius 1 is 1.00 bits per heavy atom. The minimum atomic E-state index is -0.293. The number of pyridine rings is 1. The Labute approximate surface area is 218 Å². The third-order valence-corrected chi connectivity index (χ3v) is 7.05. The largest absolute Gasteiger partial charge is 0.272 e. The number of nitrogens with zero attached hydrogens (tertiary/aromatic N) is 2. The summed E-state index contributed by atoms with van der Waals surface area (Å²) in [5.41, 5.74) is 9.88. The van der Waals surface area contributed by atoms with E-state index in [2.05, 4.69) is 67.7 Å². The summed E-state index contributed by atoms with van der Waals surface area (Å²) in [6, 6.07) is 24.0. The number of halogens is 1. The molecule has 1 unspecified atom stereocenters. The number of aryl methyl sites for hydroxylation is 1. The number of hydrogen-bond donors (Lipinski definition) is 1. The molecule has 0 aliphatic carbocycles. The van der Waals surface area contributed by atoms with Crippen molar-refractivity contribution in [3.63, 3.8) is 0 Å². The van der Waals surface area contributed by atoms with Crippen molar-refractivity contribution in [2.75, 3.05) is 0 Å². The minimum absolute atomic E-state index is 0.293. The van der Waals surface area contributed by atoms with E-state index in [4.69, 9.17) is 16.6 Å². The van der Waals surface area contributed by atoms with Gasteiger partial charge in [-0.15, -0.1) is 0 Å². The number of amides is 1. The predicted molar refractivity (Wildman–Crippen MR) is 151 cm³/mol. The maximum Gasteiger partial charge on any atom is 0.272 e. The van der Waals surface area contributed by atoms with Crippen molar-refractivity contribution >= 4 is 34.1 Å². The van der Waals surface area contributed by atoms with Crippen molar-refractivity contribution in [2.24, 2.45) is 5.10 Å². The Hall–Kier alpha value is -3.50. The molecule has 0 bridgehead atoms. The van der Waals surface area contributed by atoms with Gasteiger partial charge >= 0.3 is 0 Å². The minimum Gasteiger partial charge on any atom is -0.267 e. The summed E-state index contributed by atoms with van der Waals surface area (Å²) < 4.78 is 0. The molecule has 1 aromatic heterocycles. The van der Waals surface area contributed by atoms with Crippen LogP contribution in [0.15, 0.2) is 77.9 Å². The normalized spacial score (nSPS) is 12.5. The number of rotatable bonds is 8. The van der Waals surface area contributed by atoms with Gasteiger partial charge in [-0.2, -0.15) is 5.10 Å². The number of benzene rings is 3. The number of carbonyl (C=O) groups excluding carboxylic acids is 1. The lowest BCUT2D eigenvalue weighted by atomic mass is 9.96. The second-order valence-electron chi connectivity index (χ2n) is 9.03. The van der Waals surface area contributed by atoms with Crippen LogP contribution in [0.1, 0.15) is 73.5 Å². The molecule has 0 saturated heterocycles. The molecule has 0 radical (unpaired) electrons. The van der Waals surface area contributed by atoms with E-state index < -0.39 is 0 Å². The monoisotopic (exact) mass is 497 g/mol. The van der Waals surface area contributed by atoms with Gasteiger partial charge in [-0.3, -0.25) is 4.79 Å². The molecule has 3 aromatic carbocycles. The lowest BCUT2D eigenvalue weighted by molar-refractivity contribution is 0.0956. The van der Waals surface area contributed by atoms with Gasteiger partial charge in [0.2, 0.25) is 0 Å². The number of hydrogen-bond acceptors (Lipinski definition) is 3. The number of carbonyl (C=O) groups is 1. The van der Waals surface area contributed by atoms with Crippen LogP contribution in [0.25, 0.3) is 22.2 Å². The highest BCUT2D eigenvalue weighted by molar-refractivity contribution is 6.35. The third-order valence-electron chi connectivity index (χ3n) is 6.75. The summed E-state index contributed by atoms with van der Waals surface area (Å²) >= 11 is 6.49. The van der Waals surface area contributed by atoms with Crippen molar-refractivity contribution < 1.29 is 4.79 Å². The van der Waals surface area contributed by atoms with E-state index in [-0.39, 0.29) is 5.91 Å². The second kappa shape index (κ2) is 11.5. The van der Waals surface area contributed by atoms with Crippen LogP contribution in [0, 0.1) is 0 Å². The maximum atomic E-state index is 13.4. The summed E-state index contributed by atoms with van der Waals surface area (Å²) in [6.07, 6.45) is 2.75. The summed E-state index contributed by atoms with van der Waals surface area (Å²) in [5, 5.41) is 5.70. The lowest BCUT2D eigenvalue weighted by Gasteiger charge is -2.12. The zero-order chi connectivity index (χ0) is 25.7. The number of hydrazone groups is 1. The maximum absolute atomic E-state index is 13.4. The first-order valence-electron chi connectivity index (χ1n) is 12.6. The molecule has 0 saturated carbocycles. The van der Waals surface area contributed by atoms with Crippen LogP contribution >= 0.6 is 11.6 Å². The highest BCUT2D eigenvalue weighted by atomic mass is 35.5. The van der Waals surface area contributed by atoms with Crippen LogP contribution in [-0.4, -0.2) is 16.6 Å². The van der Waals surface area contributed by atoms with Gasteiger partial charge in [0.1, 0.15) is 0 Å². The molecule has 1 heterocycles. The molecular weight excluding hydrogens is 466 g/mol. The van der Waals surface area contributed by atoms with Gasteiger partial charge in [0.15, 0.2) is 0 Å². The van der Waals surface area contributed by atoms with Gasteiger partial charge in [0.25, 0.3) is 5.91 Å². The smallest absolute Gasteiger partial charge is 0.267 e. The zero-order valence-electron chi connectivity index (χ0n) is 21.3. The van der Waals surface area contributed by atoms with E-state index >= 15 is 0 Å². The van der Waals surface area contributed by atoms with Crippen LogP contribution < -0.4 is 5.43 Å². The van der Waals surface area contributed by atoms with Gasteiger partial charge in [-0.05, 0) is 54.0 Å². The standard InChI is InChI=1S/C31H32ClN3O/c1-5-20(4)22-15-17-23(18-16-22)28(7-3)34-35-31(36)26-19-29(24-13-11-21(6-2)12-14-24)33-30-25(26)9-8-10-27(30)32/h8-20H,5-7H2,1-4H3,(H,35,36)/b34-28-. The topological polar surface area (TPSA) is 54.4 Å². The molecule has 4 aromatic rings. The van der Waals surface area contributed by atoms with Crippen LogP contribution in [0.4, 0.5) is 0 Å². The average molecular weight is 498 g/mol. The molecule has 4 rings (SSSR count). The van der Waals surface area contributed by atoms with Crippen LogP contribution in [-0.2, 0) is 6.42 Å². The fourth-order valence-electron chi connectivity index (χ4n) is 4.23. The van der Waals surface area contributed by atoms with Gasteiger partial charge in [-0.25, -0.2) is 10.4 Å². The fraction of sp³-hybridized carbons (Fsp3) is 0.258. The molecule has 184 valence electrons. The molecular formula is C31H32ClN3O. The van der Waals surface area contributed by atoms with Crippen LogP contribution in [0.2, 0.25) is 5.02 Å². The summed E-state index contributed by atoms with van der Waals surface area (Å²) in [5.74, 6) is 0.221. The van der Waals surface area contributed by atoms with Crippen molar-refractivity contribution in [3.05, 3.63) is 100 Å². The molecule has 4 nitrogen and oxygen atoms in total. The van der Waals surface area contributed by atoms with E-state index in [1.54, 1.807) is 6.07 Å². The van der Waals surface area contributed by atoms with Crippen molar-refractivity contribution in [1.82, 2.24) is 10.4 Å². The molecule has 0 spiro atoms. The van der Waals surface area contributed by atoms with E-state index in [9.17, 15) is 4.79 Å². The first-order valence-corrected chi connectivity index (χ1v) is 13.0. The van der Waals surface area contributed by atoms with E-state index in [1.165, 1.54) is 11.1 Å². The summed E-state index contributed by atoms with van der Waals surface area (Å²) in [7, 11) is 0.